The molecule has 2 bridgehead atoms. The van der Waals surface area contributed by atoms with Gasteiger partial charge in [0, 0.05) is 37.2 Å². The van der Waals surface area contributed by atoms with Crippen LogP contribution in [0.25, 0.3) is 0 Å². The van der Waals surface area contributed by atoms with Crippen molar-refractivity contribution in [3.05, 3.63) is 66.1 Å². The van der Waals surface area contributed by atoms with Gasteiger partial charge in [0.2, 0.25) is 0 Å². The van der Waals surface area contributed by atoms with Crippen LogP contribution in [0.2, 0.25) is 0 Å². The number of allylic oxidation sites excluding steroid dienone is 3. The maximum atomic E-state index is 12.5. The lowest BCUT2D eigenvalue weighted by Gasteiger charge is -2.38. The van der Waals surface area contributed by atoms with Crippen molar-refractivity contribution in [2.24, 2.45) is 0 Å². The monoisotopic (exact) mass is 411 g/mol. The summed E-state index contributed by atoms with van der Waals surface area (Å²) in [5.74, 6) is 0.502. The van der Waals surface area contributed by atoms with E-state index in [4.69, 9.17) is 15.2 Å². The van der Waals surface area contributed by atoms with Crippen molar-refractivity contribution in [1.29, 1.82) is 0 Å². The number of piperidine rings is 1. The van der Waals surface area contributed by atoms with E-state index in [1.807, 2.05) is 25.1 Å². The molecule has 1 amide bonds. The molecule has 30 heavy (non-hydrogen) atoms. The number of rotatable bonds is 8. The fraction of sp³-hybridized carbons (Fsp3) is 0.458. The molecule has 2 aliphatic heterocycles. The van der Waals surface area contributed by atoms with Crippen molar-refractivity contribution in [2.75, 3.05) is 19.4 Å². The van der Waals surface area contributed by atoms with Crippen molar-refractivity contribution < 1.29 is 14.3 Å². The Balaban J connectivity index is 1.53. The van der Waals surface area contributed by atoms with Gasteiger partial charge in [0.25, 0.3) is 0 Å². The van der Waals surface area contributed by atoms with Crippen molar-refractivity contribution >= 4 is 11.8 Å². The first-order valence-electron chi connectivity index (χ1n) is 10.6. The predicted molar refractivity (Wildman–Crippen MR) is 120 cm³/mol. The van der Waals surface area contributed by atoms with Crippen LogP contribution in [0.1, 0.15) is 38.2 Å². The van der Waals surface area contributed by atoms with Crippen molar-refractivity contribution in [3.8, 4) is 0 Å². The van der Waals surface area contributed by atoms with E-state index in [1.165, 1.54) is 18.4 Å². The van der Waals surface area contributed by atoms with Gasteiger partial charge < -0.3 is 15.2 Å². The molecular formula is C24H33N3O3. The average Bonchev–Trinajstić information content (AvgIpc) is 2.97. The number of ether oxygens (including phenoxy) is 2. The second kappa shape index (κ2) is 10.3. The number of nitrogens with zero attached hydrogens (tertiary/aromatic N) is 1. The molecule has 3 N–H and O–H groups in total. The summed E-state index contributed by atoms with van der Waals surface area (Å²) >= 11 is 0. The Kier molecular flexibility index (Phi) is 7.57. The summed E-state index contributed by atoms with van der Waals surface area (Å²) in [5.41, 5.74) is 8.43. The molecule has 0 spiro atoms. The molecule has 2 aliphatic rings. The van der Waals surface area contributed by atoms with E-state index in [9.17, 15) is 4.79 Å². The van der Waals surface area contributed by atoms with Gasteiger partial charge in [0.05, 0.1) is 12.8 Å². The first kappa shape index (κ1) is 22.0. The molecule has 0 aromatic heterocycles. The molecule has 2 fully saturated rings. The van der Waals surface area contributed by atoms with E-state index in [0.717, 1.165) is 31.5 Å². The molecule has 0 radical (unpaired) electrons. The number of nitrogen functional groups attached to an aromatic ring is 1. The standard InChI is InChI=1S/C24H33N3O3/c1-4-6-22(23(5-2)29-3)26-24(28)30-21-15-19-11-12-20(16-21)27(19)14-13-17-7-9-18(25)10-8-17/h4-10,19-21H,2,11-16,25H2,1,3H3,(H,26,28)/b6-4+,23-22-. The summed E-state index contributed by atoms with van der Waals surface area (Å²) in [5, 5.41) is 2.79. The number of carbonyl (C=O) groups excluding carboxylic acids is 1. The number of nitrogens with one attached hydrogen (secondary N) is 1. The zero-order chi connectivity index (χ0) is 21.5. The molecule has 2 atom stereocenters. The van der Waals surface area contributed by atoms with Gasteiger partial charge in [0.15, 0.2) is 0 Å². The Hall–Kier alpha value is -2.73. The highest BCUT2D eigenvalue weighted by atomic mass is 16.6. The van der Waals surface area contributed by atoms with Gasteiger partial charge in [-0.05, 0) is 56.0 Å². The minimum absolute atomic E-state index is 0.0585. The summed E-state index contributed by atoms with van der Waals surface area (Å²) in [4.78, 5) is 15.1. The third-order valence-electron chi connectivity index (χ3n) is 5.99. The van der Waals surface area contributed by atoms with Crippen LogP contribution in [0.4, 0.5) is 10.5 Å². The van der Waals surface area contributed by atoms with Crippen LogP contribution in [0.3, 0.4) is 0 Å². The van der Waals surface area contributed by atoms with Crippen LogP contribution in [-0.4, -0.2) is 42.8 Å². The summed E-state index contributed by atoms with van der Waals surface area (Å²) in [7, 11) is 1.55. The van der Waals surface area contributed by atoms with E-state index in [2.05, 4.69) is 28.9 Å². The highest BCUT2D eigenvalue weighted by molar-refractivity contribution is 5.71. The number of anilines is 1. The lowest BCUT2D eigenvalue weighted by Crippen LogP contribution is -2.47. The third kappa shape index (κ3) is 5.45. The Morgan fingerprint density at radius 1 is 1.27 bits per heavy atom. The van der Waals surface area contributed by atoms with E-state index >= 15 is 0 Å². The van der Waals surface area contributed by atoms with E-state index in [0.29, 0.717) is 23.5 Å². The molecule has 6 nitrogen and oxygen atoms in total. The Labute approximate surface area is 179 Å². The number of fused-ring (bicyclic) bond motifs is 2. The molecule has 6 heteroatoms. The molecule has 1 aromatic rings. The molecule has 2 saturated heterocycles. The van der Waals surface area contributed by atoms with Crippen molar-refractivity contribution in [2.45, 2.75) is 57.2 Å². The van der Waals surface area contributed by atoms with Crippen molar-refractivity contribution in [1.82, 2.24) is 10.2 Å². The maximum Gasteiger partial charge on any atom is 0.412 e. The topological polar surface area (TPSA) is 76.8 Å². The minimum Gasteiger partial charge on any atom is -0.495 e. The van der Waals surface area contributed by atoms with Gasteiger partial charge in [-0.2, -0.15) is 0 Å². The van der Waals surface area contributed by atoms with Gasteiger partial charge in [-0.1, -0.05) is 24.8 Å². The number of alkyl carbamates (subject to hydrolysis) is 1. The Morgan fingerprint density at radius 3 is 2.50 bits per heavy atom. The van der Waals surface area contributed by atoms with Crippen LogP contribution < -0.4 is 11.1 Å². The number of hydrogen-bond donors (Lipinski definition) is 2. The fourth-order valence-corrected chi connectivity index (χ4v) is 4.57. The Bertz CT molecular complexity index is 786. The van der Waals surface area contributed by atoms with Gasteiger partial charge in [0.1, 0.15) is 11.9 Å². The van der Waals surface area contributed by atoms with Gasteiger partial charge in [-0.15, -0.1) is 0 Å². The van der Waals surface area contributed by atoms with Crippen LogP contribution in [0, 0.1) is 0 Å². The van der Waals surface area contributed by atoms with Gasteiger partial charge in [-0.3, -0.25) is 10.2 Å². The quantitative estimate of drug-likeness (QED) is 0.382. The lowest BCUT2D eigenvalue weighted by molar-refractivity contribution is 0.0194. The van der Waals surface area contributed by atoms with Gasteiger partial charge >= 0.3 is 6.09 Å². The highest BCUT2D eigenvalue weighted by Crippen LogP contribution is 2.37. The van der Waals surface area contributed by atoms with E-state index in [-0.39, 0.29) is 6.10 Å². The number of nitrogens with two attached hydrogens (primary N) is 1. The van der Waals surface area contributed by atoms with E-state index < -0.39 is 6.09 Å². The van der Waals surface area contributed by atoms with Crippen LogP contribution in [-0.2, 0) is 15.9 Å². The number of carbonyl (C=O) groups is 1. The lowest BCUT2D eigenvalue weighted by atomic mass is 9.99. The smallest absolute Gasteiger partial charge is 0.412 e. The third-order valence-corrected chi connectivity index (χ3v) is 5.99. The molecule has 1 aromatic carbocycles. The first-order chi connectivity index (χ1) is 14.5. The highest BCUT2D eigenvalue weighted by Gasteiger charge is 2.41. The molecule has 2 heterocycles. The Morgan fingerprint density at radius 2 is 1.93 bits per heavy atom. The second-order valence-corrected chi connectivity index (χ2v) is 7.92. The zero-order valence-electron chi connectivity index (χ0n) is 18.0. The summed E-state index contributed by atoms with van der Waals surface area (Å²) in [6, 6.07) is 9.07. The molecular weight excluding hydrogens is 378 g/mol. The molecule has 0 saturated carbocycles. The SMILES string of the molecule is C=C/C(OC)=C(\C=C\C)NC(=O)OC1CC2CCC(C1)N2CCc1ccc(N)cc1. The van der Waals surface area contributed by atoms with Crippen molar-refractivity contribution in [3.63, 3.8) is 0 Å². The molecule has 162 valence electrons. The van der Waals surface area contributed by atoms with Crippen LogP contribution >= 0.6 is 0 Å². The number of amides is 1. The predicted octanol–water partition coefficient (Wildman–Crippen LogP) is 4.15. The van der Waals surface area contributed by atoms with Crippen LogP contribution in [0.15, 0.2) is 60.5 Å². The number of methoxy groups -OCH3 is 1. The normalized spacial score (nSPS) is 24.4. The number of benzene rings is 1. The minimum atomic E-state index is -0.445. The molecule has 3 rings (SSSR count). The zero-order valence-corrected chi connectivity index (χ0v) is 18.0. The first-order valence-corrected chi connectivity index (χ1v) is 10.6. The number of hydrogen-bond acceptors (Lipinski definition) is 5. The molecule has 0 aliphatic carbocycles. The maximum absolute atomic E-state index is 12.5. The second-order valence-electron chi connectivity index (χ2n) is 7.92. The summed E-state index contributed by atoms with van der Waals surface area (Å²) < 4.78 is 11.0. The fourth-order valence-electron chi connectivity index (χ4n) is 4.57. The summed E-state index contributed by atoms with van der Waals surface area (Å²) in [6.07, 6.45) is 9.77. The van der Waals surface area contributed by atoms with Crippen LogP contribution in [0.5, 0.6) is 0 Å². The average molecular weight is 412 g/mol. The molecule has 2 unspecified atom stereocenters. The largest absolute Gasteiger partial charge is 0.495 e. The van der Waals surface area contributed by atoms with Gasteiger partial charge in [-0.25, -0.2) is 4.79 Å². The van der Waals surface area contributed by atoms with E-state index in [1.54, 1.807) is 19.3 Å². The summed E-state index contributed by atoms with van der Waals surface area (Å²) in [6.45, 7) is 6.62.